The van der Waals surface area contributed by atoms with E-state index in [9.17, 15) is 24.0 Å². The van der Waals surface area contributed by atoms with Gasteiger partial charge in [-0.3, -0.25) is 24.0 Å². The number of Topliss-reactive ketones (excluding diaryl/α,β-unsaturated/α-hetero) is 2. The average Bonchev–Trinajstić information content (AvgIpc) is 3.00. The molecule has 0 aromatic heterocycles. The SMILES string of the molecule is CCC(=O)O[C@H]1[C@H](C)C[C@]2(OC(C)=O)C(=O)[C@H](C)/C=C/C(C)(C)C(=O)C[C@@H](OC(C)=O)/C(C)=C/[C@@H]12. The van der Waals surface area contributed by atoms with E-state index < -0.39 is 53.0 Å². The van der Waals surface area contributed by atoms with E-state index in [0.29, 0.717) is 5.57 Å². The van der Waals surface area contributed by atoms with Crippen LogP contribution in [0, 0.1) is 23.2 Å². The van der Waals surface area contributed by atoms with Crippen LogP contribution < -0.4 is 0 Å². The molecule has 2 rings (SSSR count). The van der Waals surface area contributed by atoms with Crippen molar-refractivity contribution in [1.82, 2.24) is 0 Å². The molecule has 2 aliphatic rings. The largest absolute Gasteiger partial charge is 0.461 e. The van der Waals surface area contributed by atoms with Gasteiger partial charge in [-0.05, 0) is 32.3 Å². The Labute approximate surface area is 207 Å². The van der Waals surface area contributed by atoms with E-state index in [0.717, 1.165) is 0 Å². The number of carbonyl (C=O) groups excluding carboxylic acids is 5. The summed E-state index contributed by atoms with van der Waals surface area (Å²) in [5, 5.41) is 0. The first kappa shape index (κ1) is 28.5. The van der Waals surface area contributed by atoms with Gasteiger partial charge in [-0.2, -0.15) is 0 Å². The van der Waals surface area contributed by atoms with Crippen LogP contribution in [0.5, 0.6) is 0 Å². The molecule has 1 fully saturated rings. The molecule has 6 atom stereocenters. The van der Waals surface area contributed by atoms with Crippen molar-refractivity contribution in [3.8, 4) is 0 Å². The normalized spacial score (nSPS) is 35.4. The van der Waals surface area contributed by atoms with Crippen LogP contribution in [-0.4, -0.2) is 47.3 Å². The van der Waals surface area contributed by atoms with Crippen LogP contribution in [0.15, 0.2) is 23.8 Å². The van der Waals surface area contributed by atoms with Gasteiger partial charge in [-0.25, -0.2) is 0 Å². The van der Waals surface area contributed by atoms with Crippen LogP contribution in [0.2, 0.25) is 0 Å². The van der Waals surface area contributed by atoms with Crippen LogP contribution in [0.1, 0.15) is 74.7 Å². The van der Waals surface area contributed by atoms with E-state index in [-0.39, 0.29) is 36.7 Å². The van der Waals surface area contributed by atoms with Gasteiger partial charge in [-0.1, -0.05) is 39.0 Å². The summed E-state index contributed by atoms with van der Waals surface area (Å²) >= 11 is 0. The Hall–Kier alpha value is -2.77. The highest BCUT2D eigenvalue weighted by Gasteiger charge is 2.60. The van der Waals surface area contributed by atoms with Crippen molar-refractivity contribution in [3.63, 3.8) is 0 Å². The minimum atomic E-state index is -1.58. The molecule has 1 saturated carbocycles. The van der Waals surface area contributed by atoms with Gasteiger partial charge in [0.25, 0.3) is 0 Å². The van der Waals surface area contributed by atoms with E-state index in [1.54, 1.807) is 52.8 Å². The molecule has 194 valence electrons. The molecule has 0 saturated heterocycles. The molecule has 0 N–H and O–H groups in total. The van der Waals surface area contributed by atoms with Crippen molar-refractivity contribution in [2.75, 3.05) is 0 Å². The quantitative estimate of drug-likeness (QED) is 0.331. The molecule has 0 spiro atoms. The Morgan fingerprint density at radius 3 is 2.23 bits per heavy atom. The van der Waals surface area contributed by atoms with Crippen LogP contribution in [-0.2, 0) is 38.2 Å². The second kappa shape index (κ2) is 10.9. The molecule has 0 aliphatic heterocycles. The molecule has 0 amide bonds. The smallest absolute Gasteiger partial charge is 0.305 e. The number of fused-ring (bicyclic) bond motifs is 1. The lowest BCUT2D eigenvalue weighted by Crippen LogP contribution is -2.50. The van der Waals surface area contributed by atoms with Crippen molar-refractivity contribution in [2.24, 2.45) is 23.2 Å². The Bertz CT molecular complexity index is 943. The zero-order chi connectivity index (χ0) is 26.7. The Kier molecular flexibility index (Phi) is 8.84. The number of carbonyl (C=O) groups is 5. The minimum absolute atomic E-state index is 0.0656. The first-order chi connectivity index (χ1) is 16.1. The van der Waals surface area contributed by atoms with Gasteiger partial charge in [0.2, 0.25) is 0 Å². The van der Waals surface area contributed by atoms with Crippen molar-refractivity contribution in [1.29, 1.82) is 0 Å². The van der Waals surface area contributed by atoms with Gasteiger partial charge in [0.15, 0.2) is 11.4 Å². The molecule has 0 heterocycles. The number of hydrogen-bond acceptors (Lipinski definition) is 8. The fraction of sp³-hybridized carbons (Fsp3) is 0.667. The maximum atomic E-state index is 13.9. The topological polar surface area (TPSA) is 113 Å². The van der Waals surface area contributed by atoms with Gasteiger partial charge in [-0.15, -0.1) is 0 Å². The molecule has 0 unspecified atom stereocenters. The van der Waals surface area contributed by atoms with E-state index in [1.807, 2.05) is 6.92 Å². The molecule has 35 heavy (non-hydrogen) atoms. The maximum absolute atomic E-state index is 13.9. The van der Waals surface area contributed by atoms with Gasteiger partial charge < -0.3 is 14.2 Å². The van der Waals surface area contributed by atoms with Gasteiger partial charge in [0, 0.05) is 44.4 Å². The zero-order valence-corrected chi connectivity index (χ0v) is 22.0. The molecule has 0 bridgehead atoms. The monoisotopic (exact) mass is 490 g/mol. The number of ketones is 2. The third kappa shape index (κ3) is 6.27. The van der Waals surface area contributed by atoms with Crippen LogP contribution >= 0.6 is 0 Å². The standard InChI is InChI=1S/C27H38O8/c1-9-23(31)34-24-17(4)14-27(35-19(6)29)20(24)12-16(3)21(33-18(5)28)13-22(30)26(7,8)11-10-15(2)25(27)32/h10-12,15,17,20-21,24H,9,13-14H2,1-8H3/b11-10+,16-12+/t15-,17-,20+,21-,24+,27-/m1/s1. The third-order valence-electron chi connectivity index (χ3n) is 6.94. The fourth-order valence-corrected chi connectivity index (χ4v) is 4.95. The number of ether oxygens (including phenoxy) is 3. The molecule has 2 aliphatic carbocycles. The molecular weight excluding hydrogens is 452 g/mol. The van der Waals surface area contributed by atoms with Gasteiger partial charge >= 0.3 is 17.9 Å². The van der Waals surface area contributed by atoms with Crippen LogP contribution in [0.25, 0.3) is 0 Å². The van der Waals surface area contributed by atoms with Gasteiger partial charge in [0.05, 0.1) is 5.92 Å². The molecule has 8 heteroatoms. The predicted octanol–water partition coefficient (Wildman–Crippen LogP) is 3.90. The molecular formula is C27H38O8. The zero-order valence-electron chi connectivity index (χ0n) is 22.0. The third-order valence-corrected chi connectivity index (χ3v) is 6.94. The van der Waals surface area contributed by atoms with E-state index in [1.165, 1.54) is 13.8 Å². The first-order valence-electron chi connectivity index (χ1n) is 12.2. The van der Waals surface area contributed by atoms with E-state index in [2.05, 4.69) is 0 Å². The highest BCUT2D eigenvalue weighted by Crippen LogP contribution is 2.48. The van der Waals surface area contributed by atoms with E-state index in [4.69, 9.17) is 14.2 Å². The van der Waals surface area contributed by atoms with Crippen molar-refractivity contribution < 1.29 is 38.2 Å². The number of hydrogen-bond donors (Lipinski definition) is 0. The van der Waals surface area contributed by atoms with Crippen molar-refractivity contribution in [2.45, 2.75) is 92.5 Å². The average molecular weight is 491 g/mol. The van der Waals surface area contributed by atoms with Crippen LogP contribution in [0.3, 0.4) is 0 Å². The van der Waals surface area contributed by atoms with Crippen molar-refractivity contribution in [3.05, 3.63) is 23.8 Å². The predicted molar refractivity (Wildman–Crippen MR) is 128 cm³/mol. The lowest BCUT2D eigenvalue weighted by Gasteiger charge is -2.36. The Balaban J connectivity index is 2.79. The number of allylic oxidation sites excluding steroid dienone is 2. The highest BCUT2D eigenvalue weighted by atomic mass is 16.6. The summed E-state index contributed by atoms with van der Waals surface area (Å²) in [6, 6.07) is 0. The Morgan fingerprint density at radius 1 is 1.06 bits per heavy atom. The molecule has 8 nitrogen and oxygen atoms in total. The summed E-state index contributed by atoms with van der Waals surface area (Å²) in [7, 11) is 0. The maximum Gasteiger partial charge on any atom is 0.305 e. The number of rotatable bonds is 4. The summed E-state index contributed by atoms with van der Waals surface area (Å²) in [4.78, 5) is 63.5. The number of esters is 3. The molecule has 0 aromatic rings. The molecule has 0 aromatic carbocycles. The summed E-state index contributed by atoms with van der Waals surface area (Å²) in [6.45, 7) is 12.9. The van der Waals surface area contributed by atoms with E-state index >= 15 is 0 Å². The highest BCUT2D eigenvalue weighted by molar-refractivity contribution is 5.94. The minimum Gasteiger partial charge on any atom is -0.461 e. The van der Waals surface area contributed by atoms with Crippen LogP contribution in [0.4, 0.5) is 0 Å². The summed E-state index contributed by atoms with van der Waals surface area (Å²) < 4.78 is 17.1. The summed E-state index contributed by atoms with van der Waals surface area (Å²) in [5.41, 5.74) is -1.98. The first-order valence-corrected chi connectivity index (χ1v) is 12.2. The molecule has 0 radical (unpaired) electrons. The summed E-state index contributed by atoms with van der Waals surface area (Å²) in [6.07, 6.45) is 3.63. The lowest BCUT2D eigenvalue weighted by atomic mass is 9.76. The van der Waals surface area contributed by atoms with Crippen molar-refractivity contribution >= 4 is 29.5 Å². The lowest BCUT2D eigenvalue weighted by molar-refractivity contribution is -0.172. The second-order valence-corrected chi connectivity index (χ2v) is 10.4. The Morgan fingerprint density at radius 2 is 1.69 bits per heavy atom. The summed E-state index contributed by atoms with van der Waals surface area (Å²) in [5.74, 6) is -3.91. The fourth-order valence-electron chi connectivity index (χ4n) is 4.95. The van der Waals surface area contributed by atoms with Gasteiger partial charge in [0.1, 0.15) is 18.0 Å². The second-order valence-electron chi connectivity index (χ2n) is 10.4.